The molecule has 0 aliphatic rings. The topological polar surface area (TPSA) is 63.1 Å². The molecule has 2 aromatic heterocycles. The number of H-pyrrole nitrogens is 1. The number of halogens is 1. The highest BCUT2D eigenvalue weighted by Crippen LogP contribution is 2.31. The van der Waals surface area contributed by atoms with Gasteiger partial charge in [-0.3, -0.25) is 4.79 Å². The van der Waals surface area contributed by atoms with Gasteiger partial charge in [-0.15, -0.1) is 9.73 Å². The number of ketones is 1. The Morgan fingerprint density at radius 1 is 0.795 bits per heavy atom. The second-order valence-corrected chi connectivity index (χ2v) is 12.7. The van der Waals surface area contributed by atoms with Crippen LogP contribution >= 0.6 is 11.6 Å². The van der Waals surface area contributed by atoms with Crippen molar-refractivity contribution in [1.82, 2.24) is 19.8 Å². The SMILES string of the molecule is CCCCCCCCCCCCCCCCCC(=O)Cc1ccc(-c2nn3nc(C(C)(C)C)c(Cl)c3[nH]2)cc1. The molecular weight excluding hydrogens is 504 g/mol. The zero-order chi connectivity index (χ0) is 28.1. The summed E-state index contributed by atoms with van der Waals surface area (Å²) in [5.74, 6) is 1.05. The number of rotatable bonds is 19. The fourth-order valence-corrected chi connectivity index (χ4v) is 5.64. The average molecular weight is 555 g/mol. The van der Waals surface area contributed by atoms with Crippen molar-refractivity contribution in [2.75, 3.05) is 0 Å². The number of hydrogen-bond donors (Lipinski definition) is 1. The number of carbonyl (C=O) groups excluding carboxylic acids is 1. The summed E-state index contributed by atoms with van der Waals surface area (Å²) >= 11 is 6.55. The summed E-state index contributed by atoms with van der Waals surface area (Å²) in [6, 6.07) is 8.06. The van der Waals surface area contributed by atoms with Gasteiger partial charge in [0, 0.05) is 23.8 Å². The molecule has 3 aromatic rings. The molecule has 0 bridgehead atoms. The summed E-state index contributed by atoms with van der Waals surface area (Å²) < 4.78 is 1.58. The maximum absolute atomic E-state index is 12.5. The van der Waals surface area contributed by atoms with Crippen molar-refractivity contribution in [2.45, 2.75) is 142 Å². The third-order valence-electron chi connectivity index (χ3n) is 7.64. The Kier molecular flexibility index (Phi) is 13.0. The van der Waals surface area contributed by atoms with Gasteiger partial charge in [-0.05, 0) is 12.0 Å². The third kappa shape index (κ3) is 10.4. The lowest BCUT2D eigenvalue weighted by molar-refractivity contribution is -0.118. The van der Waals surface area contributed by atoms with Crippen molar-refractivity contribution in [3.63, 3.8) is 0 Å². The van der Waals surface area contributed by atoms with E-state index < -0.39 is 0 Å². The molecule has 0 saturated carbocycles. The summed E-state index contributed by atoms with van der Waals surface area (Å²) in [5, 5.41) is 9.75. The summed E-state index contributed by atoms with van der Waals surface area (Å²) in [4.78, 5) is 15.8. The molecule has 0 amide bonds. The molecular formula is C33H51ClN4O. The zero-order valence-corrected chi connectivity index (χ0v) is 25.7. The zero-order valence-electron chi connectivity index (χ0n) is 25.0. The predicted molar refractivity (Wildman–Crippen MR) is 165 cm³/mol. The van der Waals surface area contributed by atoms with Crippen molar-refractivity contribution in [3.8, 4) is 11.4 Å². The van der Waals surface area contributed by atoms with Crippen LogP contribution in [0, 0.1) is 0 Å². The number of benzene rings is 1. The van der Waals surface area contributed by atoms with Crippen LogP contribution in [0.25, 0.3) is 17.0 Å². The van der Waals surface area contributed by atoms with Crippen LogP contribution in [0.1, 0.15) is 142 Å². The number of carbonyl (C=O) groups is 1. The van der Waals surface area contributed by atoms with Crippen LogP contribution in [0.4, 0.5) is 0 Å². The van der Waals surface area contributed by atoms with Gasteiger partial charge in [0.1, 0.15) is 10.8 Å². The van der Waals surface area contributed by atoms with Gasteiger partial charge in [0.2, 0.25) is 0 Å². The quantitative estimate of drug-likeness (QED) is 0.150. The normalized spacial score (nSPS) is 12.0. The van der Waals surface area contributed by atoms with Gasteiger partial charge in [-0.25, -0.2) is 0 Å². The Bertz CT molecular complexity index is 1120. The fourth-order valence-electron chi connectivity index (χ4n) is 5.20. The second kappa shape index (κ2) is 16.2. The molecule has 1 N–H and O–H groups in total. The minimum Gasteiger partial charge on any atom is -0.320 e. The molecule has 39 heavy (non-hydrogen) atoms. The minimum absolute atomic E-state index is 0.146. The van der Waals surface area contributed by atoms with Crippen molar-refractivity contribution in [2.24, 2.45) is 0 Å². The Morgan fingerprint density at radius 3 is 1.79 bits per heavy atom. The van der Waals surface area contributed by atoms with Gasteiger partial charge >= 0.3 is 0 Å². The van der Waals surface area contributed by atoms with Crippen LogP contribution in [-0.2, 0) is 16.6 Å². The van der Waals surface area contributed by atoms with E-state index >= 15 is 0 Å². The second-order valence-electron chi connectivity index (χ2n) is 12.3. The van der Waals surface area contributed by atoms with Gasteiger partial charge in [-0.1, -0.05) is 153 Å². The van der Waals surface area contributed by atoms with Crippen LogP contribution in [-0.4, -0.2) is 25.6 Å². The minimum atomic E-state index is -0.146. The molecule has 0 saturated heterocycles. The van der Waals surface area contributed by atoms with E-state index in [1.54, 1.807) is 4.63 Å². The van der Waals surface area contributed by atoms with E-state index in [4.69, 9.17) is 11.6 Å². The van der Waals surface area contributed by atoms with Gasteiger partial charge in [-0.2, -0.15) is 5.10 Å². The van der Waals surface area contributed by atoms with Crippen molar-refractivity contribution < 1.29 is 4.79 Å². The smallest absolute Gasteiger partial charge is 0.175 e. The monoisotopic (exact) mass is 554 g/mol. The maximum atomic E-state index is 12.5. The highest BCUT2D eigenvalue weighted by Gasteiger charge is 2.25. The molecule has 0 fully saturated rings. The summed E-state index contributed by atoms with van der Waals surface area (Å²) in [7, 11) is 0. The first-order valence-corrected chi connectivity index (χ1v) is 15.9. The van der Waals surface area contributed by atoms with E-state index in [2.05, 4.69) is 42.9 Å². The number of fused-ring (bicyclic) bond motifs is 1. The van der Waals surface area contributed by atoms with E-state index in [0.717, 1.165) is 29.1 Å². The first kappa shape index (κ1) is 31.4. The van der Waals surface area contributed by atoms with Gasteiger partial charge in [0.05, 0.1) is 5.69 Å². The lowest BCUT2D eigenvalue weighted by Gasteiger charge is -2.14. The number of hydrogen-bond acceptors (Lipinski definition) is 3. The average Bonchev–Trinajstić information content (AvgIpc) is 3.46. The largest absolute Gasteiger partial charge is 0.320 e. The van der Waals surface area contributed by atoms with E-state index in [1.165, 1.54) is 89.9 Å². The first-order valence-electron chi connectivity index (χ1n) is 15.6. The van der Waals surface area contributed by atoms with E-state index in [9.17, 15) is 4.79 Å². The molecule has 0 spiro atoms. The molecule has 2 heterocycles. The molecule has 0 unspecified atom stereocenters. The van der Waals surface area contributed by atoms with Gasteiger partial charge in [0.25, 0.3) is 0 Å². The summed E-state index contributed by atoms with van der Waals surface area (Å²) in [6.45, 7) is 8.53. The number of Topliss-reactive ketones (excluding diaryl/α,β-unsaturated/α-hetero) is 1. The molecule has 0 atom stereocenters. The maximum Gasteiger partial charge on any atom is 0.175 e. The molecule has 0 aliphatic carbocycles. The number of aromatic nitrogens is 4. The summed E-state index contributed by atoms with van der Waals surface area (Å²) in [5.41, 5.74) is 3.39. The number of unbranched alkanes of at least 4 members (excludes halogenated alkanes) is 14. The van der Waals surface area contributed by atoms with E-state index in [0.29, 0.717) is 29.3 Å². The fraction of sp³-hybridized carbons (Fsp3) is 0.667. The Morgan fingerprint density at radius 2 is 1.31 bits per heavy atom. The molecule has 216 valence electrons. The lowest BCUT2D eigenvalue weighted by Crippen LogP contribution is -2.12. The molecule has 5 nitrogen and oxygen atoms in total. The Hall–Kier alpha value is -2.14. The lowest BCUT2D eigenvalue weighted by atomic mass is 9.92. The molecule has 0 radical (unpaired) electrons. The van der Waals surface area contributed by atoms with Crippen molar-refractivity contribution >= 4 is 23.0 Å². The molecule has 0 aliphatic heterocycles. The number of aromatic amines is 1. The molecule has 3 rings (SSSR count). The Labute approximate surface area is 241 Å². The van der Waals surface area contributed by atoms with Crippen molar-refractivity contribution in [3.05, 3.63) is 40.5 Å². The number of nitrogens with one attached hydrogen (secondary N) is 1. The van der Waals surface area contributed by atoms with Crippen LogP contribution in [0.5, 0.6) is 0 Å². The molecule has 6 heteroatoms. The highest BCUT2D eigenvalue weighted by molar-refractivity contribution is 6.34. The van der Waals surface area contributed by atoms with Crippen LogP contribution in [0.3, 0.4) is 0 Å². The Balaban J connectivity index is 1.26. The molecule has 1 aromatic carbocycles. The van der Waals surface area contributed by atoms with Crippen molar-refractivity contribution in [1.29, 1.82) is 0 Å². The van der Waals surface area contributed by atoms with Crippen LogP contribution in [0.2, 0.25) is 5.02 Å². The van der Waals surface area contributed by atoms with Gasteiger partial charge < -0.3 is 4.98 Å². The van der Waals surface area contributed by atoms with Crippen LogP contribution in [0.15, 0.2) is 24.3 Å². The highest BCUT2D eigenvalue weighted by atomic mass is 35.5. The third-order valence-corrected chi connectivity index (χ3v) is 8.00. The standard InChI is InChI=1S/C33H51ClN4O/c1-5-6-7-8-9-10-11-12-13-14-15-16-17-18-19-20-28(39)25-26-21-23-27(24-22-26)31-35-32-29(34)30(33(2,3)4)36-38(32)37-31/h21-24H,5-20,25H2,1-4H3,(H,35,37). The predicted octanol–water partition coefficient (Wildman–Crippen LogP) is 10.0. The van der Waals surface area contributed by atoms with Gasteiger partial charge in [0.15, 0.2) is 11.5 Å². The van der Waals surface area contributed by atoms with E-state index in [1.807, 2.05) is 24.3 Å². The first-order chi connectivity index (χ1) is 18.8. The summed E-state index contributed by atoms with van der Waals surface area (Å²) in [6.07, 6.45) is 21.3. The van der Waals surface area contributed by atoms with E-state index in [-0.39, 0.29) is 5.41 Å². The van der Waals surface area contributed by atoms with Crippen LogP contribution < -0.4 is 0 Å². The number of nitrogens with zero attached hydrogens (tertiary/aromatic N) is 3.